The minimum atomic E-state index is -0.326. The molecule has 1 radical (unpaired) electrons. The van der Waals surface area contributed by atoms with Crippen LogP contribution in [0.5, 0.6) is 5.75 Å². The molecular weight excluding hydrogens is 118 g/mol. The van der Waals surface area contributed by atoms with E-state index in [0.717, 1.165) is 0 Å². The van der Waals surface area contributed by atoms with E-state index < -0.39 is 0 Å². The van der Waals surface area contributed by atoms with E-state index >= 15 is 0 Å². The molecule has 0 N–H and O–H groups in total. The monoisotopic (exact) mass is 122 g/mol. The van der Waals surface area contributed by atoms with Crippen molar-refractivity contribution >= 4 is 5.69 Å². The van der Waals surface area contributed by atoms with Gasteiger partial charge in [-0.15, -0.1) is 4.91 Å². The maximum atomic E-state index is 10.6. The smallest absolute Gasteiger partial charge is 0.207 e. The number of hydrogen-bond acceptors (Lipinski definition) is 2. The molecule has 0 aromatic heterocycles. The first-order valence-electron chi connectivity index (χ1n) is 2.44. The standard InChI is InChI=1S/C6H4NO2/c8-6-4-2-1-3-5(6)7-9/h1-4H. The highest BCUT2D eigenvalue weighted by molar-refractivity contribution is 5.49. The van der Waals surface area contributed by atoms with E-state index in [9.17, 15) is 10.0 Å². The molecule has 1 aromatic carbocycles. The summed E-state index contributed by atoms with van der Waals surface area (Å²) in [5, 5.41) is 13.1. The largest absolute Gasteiger partial charge is 0.287 e. The van der Waals surface area contributed by atoms with E-state index in [-0.39, 0.29) is 11.4 Å². The van der Waals surface area contributed by atoms with Crippen LogP contribution in [-0.2, 0) is 5.11 Å². The van der Waals surface area contributed by atoms with Crippen molar-refractivity contribution in [1.82, 2.24) is 0 Å². The molecule has 0 unspecified atom stereocenters. The van der Waals surface area contributed by atoms with Crippen LogP contribution < -0.4 is 0 Å². The van der Waals surface area contributed by atoms with Gasteiger partial charge in [-0.25, -0.2) is 0 Å². The Hall–Kier alpha value is -1.38. The summed E-state index contributed by atoms with van der Waals surface area (Å²) in [7, 11) is 0. The van der Waals surface area contributed by atoms with Crippen LogP contribution in [0.1, 0.15) is 0 Å². The Balaban J connectivity index is 3.15. The van der Waals surface area contributed by atoms with E-state index in [0.29, 0.717) is 0 Å². The van der Waals surface area contributed by atoms with E-state index in [4.69, 9.17) is 0 Å². The van der Waals surface area contributed by atoms with Gasteiger partial charge in [0.15, 0.2) is 5.69 Å². The van der Waals surface area contributed by atoms with Gasteiger partial charge in [0.05, 0.1) is 0 Å². The Morgan fingerprint density at radius 2 is 1.89 bits per heavy atom. The van der Waals surface area contributed by atoms with Gasteiger partial charge in [0.1, 0.15) is 0 Å². The predicted molar refractivity (Wildman–Crippen MR) is 32.0 cm³/mol. The molecule has 9 heavy (non-hydrogen) atoms. The van der Waals surface area contributed by atoms with E-state index in [1.54, 1.807) is 12.1 Å². The summed E-state index contributed by atoms with van der Waals surface area (Å²) in [4.78, 5) is 9.78. The van der Waals surface area contributed by atoms with Gasteiger partial charge in [0.25, 0.3) is 0 Å². The van der Waals surface area contributed by atoms with E-state index in [1.807, 2.05) is 0 Å². The van der Waals surface area contributed by atoms with Gasteiger partial charge in [-0.3, -0.25) is 5.11 Å². The third kappa shape index (κ3) is 1.05. The normalized spacial score (nSPS) is 8.89. The van der Waals surface area contributed by atoms with Gasteiger partial charge in [-0.05, 0) is 17.3 Å². The third-order valence-electron chi connectivity index (χ3n) is 0.964. The first kappa shape index (κ1) is 5.75. The predicted octanol–water partition coefficient (Wildman–Crippen LogP) is 2.23. The molecule has 1 rings (SSSR count). The molecule has 0 aliphatic carbocycles. The first-order chi connectivity index (χ1) is 4.34. The number of nitroso groups, excluding NO2 is 1. The van der Waals surface area contributed by atoms with Crippen LogP contribution >= 0.6 is 0 Å². The van der Waals surface area contributed by atoms with Crippen molar-refractivity contribution in [3.8, 4) is 5.75 Å². The number of hydrogen-bond donors (Lipinski definition) is 0. The molecule has 1 aromatic rings. The van der Waals surface area contributed by atoms with Crippen molar-refractivity contribution in [2.45, 2.75) is 0 Å². The summed E-state index contributed by atoms with van der Waals surface area (Å²) in [6.45, 7) is 0. The van der Waals surface area contributed by atoms with Gasteiger partial charge in [0, 0.05) is 0 Å². The molecule has 3 heteroatoms. The molecular formula is C6H4NO2. The Labute approximate surface area is 51.9 Å². The topological polar surface area (TPSA) is 49.3 Å². The lowest BCUT2D eigenvalue weighted by molar-refractivity contribution is 0.356. The summed E-state index contributed by atoms with van der Waals surface area (Å²) in [6.07, 6.45) is 0. The lowest BCUT2D eigenvalue weighted by atomic mass is 10.3. The van der Waals surface area contributed by atoms with Crippen molar-refractivity contribution in [3.63, 3.8) is 0 Å². The number of para-hydroxylation sites is 1. The second-order valence-corrected chi connectivity index (χ2v) is 1.56. The summed E-state index contributed by atoms with van der Waals surface area (Å²) in [5.74, 6) is -0.326. The first-order valence-corrected chi connectivity index (χ1v) is 2.44. The van der Waals surface area contributed by atoms with Crippen molar-refractivity contribution < 1.29 is 5.11 Å². The highest BCUT2D eigenvalue weighted by atomic mass is 16.3. The average Bonchev–Trinajstić information content (AvgIpc) is 1.89. The summed E-state index contributed by atoms with van der Waals surface area (Å²) >= 11 is 0. The van der Waals surface area contributed by atoms with Gasteiger partial charge in [-0.1, -0.05) is 12.1 Å². The molecule has 0 amide bonds. The quantitative estimate of drug-likeness (QED) is 0.527. The zero-order valence-electron chi connectivity index (χ0n) is 4.57. The molecule has 0 saturated carbocycles. The fourth-order valence-electron chi connectivity index (χ4n) is 0.533. The zero-order chi connectivity index (χ0) is 6.69. The maximum Gasteiger partial charge on any atom is 0.207 e. The summed E-state index contributed by atoms with van der Waals surface area (Å²) < 4.78 is 0. The Bertz CT molecular complexity index is 222. The Kier molecular flexibility index (Phi) is 1.44. The van der Waals surface area contributed by atoms with Crippen LogP contribution in [0.2, 0.25) is 0 Å². The molecule has 3 nitrogen and oxygen atoms in total. The maximum absolute atomic E-state index is 10.6. The van der Waals surface area contributed by atoms with E-state index in [2.05, 4.69) is 5.18 Å². The minimum Gasteiger partial charge on any atom is -0.287 e. The number of benzene rings is 1. The lowest BCUT2D eigenvalue weighted by Gasteiger charge is -1.86. The average molecular weight is 122 g/mol. The molecule has 0 bridgehead atoms. The highest BCUT2D eigenvalue weighted by Crippen LogP contribution is 2.24. The molecule has 0 spiro atoms. The van der Waals surface area contributed by atoms with Gasteiger partial charge < -0.3 is 0 Å². The van der Waals surface area contributed by atoms with Crippen molar-refractivity contribution in [2.24, 2.45) is 5.18 Å². The summed E-state index contributed by atoms with van der Waals surface area (Å²) in [6, 6.07) is 5.85. The molecule has 0 heterocycles. The minimum absolute atomic E-state index is 0.0301. The van der Waals surface area contributed by atoms with Crippen LogP contribution in [0.4, 0.5) is 5.69 Å². The van der Waals surface area contributed by atoms with Crippen LogP contribution in [0.3, 0.4) is 0 Å². The van der Waals surface area contributed by atoms with Crippen LogP contribution in [0.25, 0.3) is 0 Å². The lowest BCUT2D eigenvalue weighted by Crippen LogP contribution is -1.61. The fourth-order valence-corrected chi connectivity index (χ4v) is 0.533. The van der Waals surface area contributed by atoms with Gasteiger partial charge in [0.2, 0.25) is 5.75 Å². The fraction of sp³-hybridized carbons (Fsp3) is 0. The highest BCUT2D eigenvalue weighted by Gasteiger charge is 1.97. The van der Waals surface area contributed by atoms with Crippen LogP contribution in [0, 0.1) is 4.91 Å². The molecule has 0 aliphatic rings. The van der Waals surface area contributed by atoms with Crippen molar-refractivity contribution in [1.29, 1.82) is 0 Å². The van der Waals surface area contributed by atoms with Gasteiger partial charge >= 0.3 is 0 Å². The molecule has 45 valence electrons. The SMILES string of the molecule is [O]c1ccccc1N=O. The second kappa shape index (κ2) is 2.26. The zero-order valence-corrected chi connectivity index (χ0v) is 4.57. The van der Waals surface area contributed by atoms with Crippen LogP contribution in [0.15, 0.2) is 29.4 Å². The third-order valence-corrected chi connectivity index (χ3v) is 0.964. The Morgan fingerprint density at radius 1 is 1.22 bits per heavy atom. The molecule has 0 atom stereocenters. The number of nitrogens with zero attached hydrogens (tertiary/aromatic N) is 1. The van der Waals surface area contributed by atoms with Crippen molar-refractivity contribution in [2.75, 3.05) is 0 Å². The van der Waals surface area contributed by atoms with Gasteiger partial charge in [-0.2, -0.15) is 0 Å². The second-order valence-electron chi connectivity index (χ2n) is 1.56. The number of rotatable bonds is 1. The Morgan fingerprint density at radius 3 is 2.33 bits per heavy atom. The molecule has 0 fully saturated rings. The molecule has 0 aliphatic heterocycles. The summed E-state index contributed by atoms with van der Waals surface area (Å²) in [5.41, 5.74) is -0.0301. The van der Waals surface area contributed by atoms with E-state index in [1.165, 1.54) is 12.1 Å². The van der Waals surface area contributed by atoms with Crippen molar-refractivity contribution in [3.05, 3.63) is 29.2 Å². The van der Waals surface area contributed by atoms with Crippen LogP contribution in [-0.4, -0.2) is 0 Å². The molecule has 0 saturated heterocycles.